The third-order valence-electron chi connectivity index (χ3n) is 2.26. The van der Waals surface area contributed by atoms with Gasteiger partial charge in [0, 0.05) is 12.3 Å². The maximum Gasteiger partial charge on any atom is 0.209 e. The molecule has 0 spiro atoms. The van der Waals surface area contributed by atoms with E-state index in [0.717, 1.165) is 24.4 Å². The lowest BCUT2D eigenvalue weighted by atomic mass is 10.3. The first kappa shape index (κ1) is 8.96. The summed E-state index contributed by atoms with van der Waals surface area (Å²) in [7, 11) is 1.81. The Morgan fingerprint density at radius 2 is 2.38 bits per heavy atom. The molecule has 0 aliphatic heterocycles. The SMILES string of the molecule is Cn1nnnc1S[C@H]1CCC[C@@H]1O. The van der Waals surface area contributed by atoms with Crippen molar-refractivity contribution in [2.24, 2.45) is 7.05 Å². The fraction of sp³-hybridized carbons (Fsp3) is 0.857. The molecule has 0 saturated heterocycles. The minimum atomic E-state index is -0.193. The van der Waals surface area contributed by atoms with Gasteiger partial charge in [-0.05, 0) is 29.7 Å². The van der Waals surface area contributed by atoms with Crippen LogP contribution in [0.3, 0.4) is 0 Å². The summed E-state index contributed by atoms with van der Waals surface area (Å²) in [6.45, 7) is 0. The van der Waals surface area contributed by atoms with Gasteiger partial charge in [-0.3, -0.25) is 0 Å². The van der Waals surface area contributed by atoms with E-state index in [1.54, 1.807) is 16.4 Å². The summed E-state index contributed by atoms with van der Waals surface area (Å²) in [6, 6.07) is 0. The topological polar surface area (TPSA) is 63.8 Å². The molecule has 2 atom stereocenters. The van der Waals surface area contributed by atoms with Crippen molar-refractivity contribution in [1.82, 2.24) is 20.2 Å². The summed E-state index contributed by atoms with van der Waals surface area (Å²) in [5, 5.41) is 21.8. The van der Waals surface area contributed by atoms with Gasteiger partial charge >= 0.3 is 0 Å². The first-order chi connectivity index (χ1) is 6.27. The molecule has 1 fully saturated rings. The normalized spacial score (nSPS) is 28.2. The summed E-state index contributed by atoms with van der Waals surface area (Å²) in [4.78, 5) is 0. The van der Waals surface area contributed by atoms with Crippen LogP contribution in [-0.2, 0) is 7.05 Å². The number of tetrazole rings is 1. The van der Waals surface area contributed by atoms with E-state index in [0.29, 0.717) is 0 Å². The minimum absolute atomic E-state index is 0.193. The molecule has 1 N–H and O–H groups in total. The van der Waals surface area contributed by atoms with Gasteiger partial charge in [0.1, 0.15) is 0 Å². The van der Waals surface area contributed by atoms with Crippen molar-refractivity contribution in [2.45, 2.75) is 35.8 Å². The standard InChI is InChI=1S/C7H12N4OS/c1-11-7(8-9-10-11)13-6-4-2-3-5(6)12/h5-6,12H,2-4H2,1H3/t5-,6-/m0/s1. The van der Waals surface area contributed by atoms with Gasteiger partial charge in [-0.1, -0.05) is 11.8 Å². The lowest BCUT2D eigenvalue weighted by Crippen LogP contribution is -2.15. The molecular weight excluding hydrogens is 188 g/mol. The summed E-state index contributed by atoms with van der Waals surface area (Å²) >= 11 is 1.57. The first-order valence-electron chi connectivity index (χ1n) is 4.34. The molecule has 1 aliphatic carbocycles. The third kappa shape index (κ3) is 1.83. The van der Waals surface area contributed by atoms with Crippen LogP contribution in [0.4, 0.5) is 0 Å². The van der Waals surface area contributed by atoms with Crippen molar-refractivity contribution in [3.8, 4) is 0 Å². The molecule has 6 heteroatoms. The molecule has 2 rings (SSSR count). The Labute approximate surface area is 80.5 Å². The van der Waals surface area contributed by atoms with E-state index in [2.05, 4.69) is 15.5 Å². The number of hydrogen-bond acceptors (Lipinski definition) is 5. The van der Waals surface area contributed by atoms with Crippen molar-refractivity contribution in [1.29, 1.82) is 0 Å². The molecule has 13 heavy (non-hydrogen) atoms. The molecule has 5 nitrogen and oxygen atoms in total. The molecule has 72 valence electrons. The highest BCUT2D eigenvalue weighted by molar-refractivity contribution is 7.99. The smallest absolute Gasteiger partial charge is 0.209 e. The van der Waals surface area contributed by atoms with Crippen molar-refractivity contribution in [2.75, 3.05) is 0 Å². The summed E-state index contributed by atoms with van der Waals surface area (Å²) < 4.78 is 1.63. The number of hydrogen-bond donors (Lipinski definition) is 1. The Morgan fingerprint density at radius 3 is 2.92 bits per heavy atom. The number of aromatic nitrogens is 4. The highest BCUT2D eigenvalue weighted by atomic mass is 32.2. The lowest BCUT2D eigenvalue weighted by Gasteiger charge is -2.11. The average Bonchev–Trinajstić information content (AvgIpc) is 2.65. The van der Waals surface area contributed by atoms with Gasteiger partial charge in [0.2, 0.25) is 5.16 Å². The van der Waals surface area contributed by atoms with E-state index >= 15 is 0 Å². The van der Waals surface area contributed by atoms with Crippen LogP contribution in [0.25, 0.3) is 0 Å². The fourth-order valence-electron chi connectivity index (χ4n) is 1.50. The summed E-state index contributed by atoms with van der Waals surface area (Å²) in [5.74, 6) is 0. The van der Waals surface area contributed by atoms with E-state index in [9.17, 15) is 5.11 Å². The number of rotatable bonds is 2. The molecular formula is C7H12N4OS. The monoisotopic (exact) mass is 200 g/mol. The first-order valence-corrected chi connectivity index (χ1v) is 5.22. The predicted molar refractivity (Wildman–Crippen MR) is 48.3 cm³/mol. The molecule has 0 aromatic carbocycles. The van der Waals surface area contributed by atoms with Crippen LogP contribution in [-0.4, -0.2) is 36.7 Å². The maximum atomic E-state index is 9.58. The zero-order valence-electron chi connectivity index (χ0n) is 7.42. The van der Waals surface area contributed by atoms with Gasteiger partial charge in [0.15, 0.2) is 0 Å². The van der Waals surface area contributed by atoms with Gasteiger partial charge in [-0.15, -0.1) is 5.10 Å². The molecule has 1 aliphatic rings. The van der Waals surface area contributed by atoms with E-state index in [-0.39, 0.29) is 11.4 Å². The van der Waals surface area contributed by atoms with Crippen LogP contribution in [0.5, 0.6) is 0 Å². The Bertz CT molecular complexity index is 290. The largest absolute Gasteiger partial charge is 0.392 e. The van der Waals surface area contributed by atoms with E-state index < -0.39 is 0 Å². The zero-order valence-corrected chi connectivity index (χ0v) is 8.24. The van der Waals surface area contributed by atoms with Gasteiger partial charge in [0.25, 0.3) is 0 Å². The molecule has 0 amide bonds. The highest BCUT2D eigenvalue weighted by Gasteiger charge is 2.27. The van der Waals surface area contributed by atoms with Crippen LogP contribution < -0.4 is 0 Å². The minimum Gasteiger partial charge on any atom is -0.392 e. The fourth-order valence-corrected chi connectivity index (χ4v) is 2.62. The number of aliphatic hydroxyl groups is 1. The van der Waals surface area contributed by atoms with Crippen LogP contribution in [0.15, 0.2) is 5.16 Å². The average molecular weight is 200 g/mol. The van der Waals surface area contributed by atoms with E-state index in [1.807, 2.05) is 7.05 Å². The van der Waals surface area contributed by atoms with Crippen LogP contribution in [0, 0.1) is 0 Å². The van der Waals surface area contributed by atoms with E-state index in [4.69, 9.17) is 0 Å². The number of thioether (sulfide) groups is 1. The second kappa shape index (κ2) is 3.63. The Morgan fingerprint density at radius 1 is 1.54 bits per heavy atom. The van der Waals surface area contributed by atoms with Crippen LogP contribution >= 0.6 is 11.8 Å². The van der Waals surface area contributed by atoms with Crippen molar-refractivity contribution in [3.05, 3.63) is 0 Å². The van der Waals surface area contributed by atoms with E-state index in [1.165, 1.54) is 0 Å². The van der Waals surface area contributed by atoms with Crippen LogP contribution in [0.1, 0.15) is 19.3 Å². The van der Waals surface area contributed by atoms with Gasteiger partial charge < -0.3 is 5.11 Å². The second-order valence-electron chi connectivity index (χ2n) is 3.24. The molecule has 1 aromatic rings. The van der Waals surface area contributed by atoms with Crippen LogP contribution in [0.2, 0.25) is 0 Å². The zero-order chi connectivity index (χ0) is 9.26. The predicted octanol–water partition coefficient (Wildman–Crippen LogP) is 0.216. The Kier molecular flexibility index (Phi) is 2.50. The highest BCUT2D eigenvalue weighted by Crippen LogP contribution is 2.33. The van der Waals surface area contributed by atoms with Crippen molar-refractivity contribution in [3.63, 3.8) is 0 Å². The Balaban J connectivity index is 2.01. The molecule has 1 heterocycles. The summed E-state index contributed by atoms with van der Waals surface area (Å²) in [6.07, 6.45) is 2.87. The molecule has 0 unspecified atom stereocenters. The lowest BCUT2D eigenvalue weighted by molar-refractivity contribution is 0.188. The molecule has 0 radical (unpaired) electrons. The molecule has 1 saturated carbocycles. The third-order valence-corrected chi connectivity index (χ3v) is 3.67. The second-order valence-corrected chi connectivity index (χ2v) is 4.45. The van der Waals surface area contributed by atoms with Crippen molar-refractivity contribution < 1.29 is 5.11 Å². The number of nitrogens with zero attached hydrogens (tertiary/aromatic N) is 4. The summed E-state index contributed by atoms with van der Waals surface area (Å²) in [5.41, 5.74) is 0. The van der Waals surface area contributed by atoms with Gasteiger partial charge in [-0.2, -0.15) is 0 Å². The maximum absolute atomic E-state index is 9.58. The molecule has 0 bridgehead atoms. The number of aliphatic hydroxyl groups excluding tert-OH is 1. The van der Waals surface area contributed by atoms with Crippen molar-refractivity contribution >= 4 is 11.8 Å². The Hall–Kier alpha value is -0.620. The quantitative estimate of drug-likeness (QED) is 0.739. The number of aryl methyl sites for hydroxylation is 1. The van der Waals surface area contributed by atoms with Gasteiger partial charge in [-0.25, -0.2) is 4.68 Å². The van der Waals surface area contributed by atoms with Gasteiger partial charge in [0.05, 0.1) is 6.10 Å². The molecule has 1 aromatic heterocycles.